The maximum atomic E-state index is 11.9. The van der Waals surface area contributed by atoms with Gasteiger partial charge in [-0.3, -0.25) is 10.1 Å². The summed E-state index contributed by atoms with van der Waals surface area (Å²) in [5.74, 6) is -0.306. The van der Waals surface area contributed by atoms with Gasteiger partial charge in [-0.05, 0) is 6.07 Å². The Hall–Kier alpha value is -2.19. The first-order chi connectivity index (χ1) is 8.35. The van der Waals surface area contributed by atoms with E-state index in [-0.39, 0.29) is 18.3 Å². The molecule has 0 aliphatic carbocycles. The average Bonchev–Trinajstić information content (AvgIpc) is 2.68. The molecule has 6 nitrogen and oxygen atoms in total. The van der Waals surface area contributed by atoms with Gasteiger partial charge in [-0.15, -0.1) is 0 Å². The molecule has 1 aliphatic rings. The molecule has 0 radical (unpaired) electrons. The van der Waals surface area contributed by atoms with Gasteiger partial charge >= 0.3 is 6.18 Å². The van der Waals surface area contributed by atoms with Gasteiger partial charge in [0.1, 0.15) is 11.5 Å². The third-order valence-electron chi connectivity index (χ3n) is 2.16. The van der Waals surface area contributed by atoms with Gasteiger partial charge in [-0.2, -0.15) is 13.2 Å². The zero-order valence-electron chi connectivity index (χ0n) is 8.97. The zero-order chi connectivity index (χ0) is 13.3. The molecule has 0 atom stereocenters. The summed E-state index contributed by atoms with van der Waals surface area (Å²) >= 11 is 0. The van der Waals surface area contributed by atoms with E-state index in [2.05, 4.69) is 20.0 Å². The molecule has 0 saturated carbocycles. The number of aliphatic imine (C=N–C) groups is 1. The standard InChI is InChI=1S/C9H9F3N4O2/c10-9(11,12)3-18-8-14-2-4-1-5(6(13)17)15-7(4)16-8/h1,15H,2-3H2,(H2,13,17)(H,14,16). The fraction of sp³-hybridized carbons (Fsp3) is 0.333. The van der Waals surface area contributed by atoms with E-state index in [4.69, 9.17) is 5.73 Å². The quantitative estimate of drug-likeness (QED) is 0.741. The van der Waals surface area contributed by atoms with Crippen molar-refractivity contribution in [2.75, 3.05) is 11.9 Å². The highest BCUT2D eigenvalue weighted by atomic mass is 19.4. The normalized spacial score (nSPS) is 14.5. The zero-order valence-corrected chi connectivity index (χ0v) is 8.97. The maximum Gasteiger partial charge on any atom is 0.422 e. The van der Waals surface area contributed by atoms with Crippen LogP contribution in [0.5, 0.6) is 0 Å². The fourth-order valence-corrected chi connectivity index (χ4v) is 1.40. The number of aromatic nitrogens is 1. The van der Waals surface area contributed by atoms with Crippen LogP contribution in [0, 0.1) is 0 Å². The number of fused-ring (bicyclic) bond motifs is 1. The number of anilines is 1. The number of ether oxygens (including phenoxy) is 1. The minimum absolute atomic E-state index is 0.110. The highest BCUT2D eigenvalue weighted by Crippen LogP contribution is 2.22. The second-order valence-electron chi connectivity index (χ2n) is 3.60. The molecule has 0 bridgehead atoms. The summed E-state index contributed by atoms with van der Waals surface area (Å²) < 4.78 is 40.3. The van der Waals surface area contributed by atoms with Crippen LogP contribution in [0.1, 0.15) is 16.1 Å². The summed E-state index contributed by atoms with van der Waals surface area (Å²) in [7, 11) is 0. The number of alkyl halides is 3. The molecular weight excluding hydrogens is 253 g/mol. The third kappa shape index (κ3) is 2.73. The number of halogens is 3. The van der Waals surface area contributed by atoms with Crippen molar-refractivity contribution < 1.29 is 22.7 Å². The molecule has 98 valence electrons. The number of amidine groups is 1. The van der Waals surface area contributed by atoms with Crippen LogP contribution in [-0.4, -0.2) is 29.7 Å². The number of nitrogens with zero attached hydrogens (tertiary/aromatic N) is 1. The minimum atomic E-state index is -4.43. The first-order valence-corrected chi connectivity index (χ1v) is 4.88. The van der Waals surface area contributed by atoms with Crippen molar-refractivity contribution in [3.63, 3.8) is 0 Å². The maximum absolute atomic E-state index is 11.9. The van der Waals surface area contributed by atoms with E-state index in [9.17, 15) is 18.0 Å². The van der Waals surface area contributed by atoms with E-state index >= 15 is 0 Å². The molecule has 2 heterocycles. The number of rotatable bonds is 2. The van der Waals surface area contributed by atoms with Crippen LogP contribution < -0.4 is 11.1 Å². The number of nitrogens with two attached hydrogens (primary N) is 1. The van der Waals surface area contributed by atoms with Crippen molar-refractivity contribution in [2.45, 2.75) is 12.7 Å². The van der Waals surface area contributed by atoms with E-state index in [0.29, 0.717) is 11.4 Å². The first-order valence-electron chi connectivity index (χ1n) is 4.88. The van der Waals surface area contributed by atoms with Gasteiger partial charge in [-0.25, -0.2) is 4.99 Å². The smallest absolute Gasteiger partial charge is 0.422 e. The highest BCUT2D eigenvalue weighted by Gasteiger charge is 2.30. The van der Waals surface area contributed by atoms with Crippen molar-refractivity contribution in [1.82, 2.24) is 4.98 Å². The van der Waals surface area contributed by atoms with Gasteiger partial charge in [0.2, 0.25) is 0 Å². The number of H-pyrrole nitrogens is 1. The number of hydrogen-bond donors (Lipinski definition) is 3. The molecule has 1 amide bonds. The van der Waals surface area contributed by atoms with Gasteiger partial charge in [0, 0.05) is 5.56 Å². The third-order valence-corrected chi connectivity index (χ3v) is 2.16. The molecule has 1 aromatic rings. The monoisotopic (exact) mass is 262 g/mol. The number of carbonyl (C=O) groups is 1. The van der Waals surface area contributed by atoms with Gasteiger partial charge in [-0.1, -0.05) is 0 Å². The lowest BCUT2D eigenvalue weighted by Crippen LogP contribution is -2.26. The van der Waals surface area contributed by atoms with E-state index < -0.39 is 18.7 Å². The SMILES string of the molecule is NC(=O)c1cc2c([nH]1)NC(OCC(F)(F)F)=NC2. The van der Waals surface area contributed by atoms with E-state index in [1.807, 2.05) is 0 Å². The molecule has 0 aromatic carbocycles. The predicted octanol–water partition coefficient (Wildman–Crippen LogP) is 0.974. The summed E-state index contributed by atoms with van der Waals surface area (Å²) in [5.41, 5.74) is 5.84. The van der Waals surface area contributed by atoms with Crippen LogP contribution in [0.25, 0.3) is 0 Å². The van der Waals surface area contributed by atoms with E-state index in [0.717, 1.165) is 0 Å². The Morgan fingerprint density at radius 3 is 2.89 bits per heavy atom. The van der Waals surface area contributed by atoms with E-state index in [1.54, 1.807) is 0 Å². The van der Waals surface area contributed by atoms with Crippen LogP contribution >= 0.6 is 0 Å². The van der Waals surface area contributed by atoms with Crippen molar-refractivity contribution in [3.8, 4) is 0 Å². The molecule has 4 N–H and O–H groups in total. The molecule has 1 aliphatic heterocycles. The van der Waals surface area contributed by atoms with Crippen molar-refractivity contribution in [3.05, 3.63) is 17.3 Å². The number of carbonyl (C=O) groups excluding carboxylic acids is 1. The molecule has 0 saturated heterocycles. The predicted molar refractivity (Wildman–Crippen MR) is 56.1 cm³/mol. The van der Waals surface area contributed by atoms with Crippen LogP contribution in [0.4, 0.5) is 19.0 Å². The van der Waals surface area contributed by atoms with Crippen molar-refractivity contribution in [2.24, 2.45) is 10.7 Å². The lowest BCUT2D eigenvalue weighted by Gasteiger charge is -2.16. The van der Waals surface area contributed by atoms with Gasteiger partial charge in [0.25, 0.3) is 11.9 Å². The summed E-state index contributed by atoms with van der Waals surface area (Å²) in [5, 5.41) is 2.51. The van der Waals surface area contributed by atoms with Gasteiger partial charge in [0.05, 0.1) is 6.54 Å². The summed E-state index contributed by atoms with van der Waals surface area (Å²) in [6, 6.07) is 1.23. The molecule has 9 heteroatoms. The van der Waals surface area contributed by atoms with Crippen LogP contribution in [-0.2, 0) is 11.3 Å². The Kier molecular flexibility index (Phi) is 2.89. The van der Waals surface area contributed by atoms with Crippen molar-refractivity contribution >= 4 is 17.7 Å². The molecule has 18 heavy (non-hydrogen) atoms. The molecule has 0 spiro atoms. The van der Waals surface area contributed by atoms with Crippen LogP contribution in [0.15, 0.2) is 11.1 Å². The summed E-state index contributed by atoms with van der Waals surface area (Å²) in [6.45, 7) is -1.32. The van der Waals surface area contributed by atoms with E-state index in [1.165, 1.54) is 6.07 Å². The second kappa shape index (κ2) is 4.24. The van der Waals surface area contributed by atoms with Crippen LogP contribution in [0.2, 0.25) is 0 Å². The number of hydrogen-bond acceptors (Lipinski definition) is 4. The van der Waals surface area contributed by atoms with Gasteiger partial charge in [0.15, 0.2) is 6.61 Å². The topological polar surface area (TPSA) is 92.5 Å². The summed E-state index contributed by atoms with van der Waals surface area (Å²) in [4.78, 5) is 17.3. The van der Waals surface area contributed by atoms with Crippen molar-refractivity contribution in [1.29, 1.82) is 0 Å². The molecular formula is C9H9F3N4O2. The largest absolute Gasteiger partial charge is 0.455 e. The van der Waals surface area contributed by atoms with Crippen LogP contribution in [0.3, 0.4) is 0 Å². The second-order valence-corrected chi connectivity index (χ2v) is 3.60. The lowest BCUT2D eigenvalue weighted by molar-refractivity contribution is -0.156. The Morgan fingerprint density at radius 1 is 1.56 bits per heavy atom. The lowest BCUT2D eigenvalue weighted by atomic mass is 10.2. The minimum Gasteiger partial charge on any atom is -0.455 e. The summed E-state index contributed by atoms with van der Waals surface area (Å²) in [6.07, 6.45) is -4.43. The van der Waals surface area contributed by atoms with Gasteiger partial charge < -0.3 is 15.5 Å². The number of nitrogens with one attached hydrogen (secondary N) is 2. The average molecular weight is 262 g/mol. The Balaban J connectivity index is 2.03. The fourth-order valence-electron chi connectivity index (χ4n) is 1.40. The highest BCUT2D eigenvalue weighted by molar-refractivity contribution is 5.95. The Morgan fingerprint density at radius 2 is 2.28 bits per heavy atom. The number of amides is 1. The Labute approximate surface area is 99.0 Å². The molecule has 0 fully saturated rings. The molecule has 0 unspecified atom stereocenters. The molecule has 2 rings (SSSR count). The first kappa shape index (κ1) is 12.3. The number of aromatic amines is 1. The molecule has 1 aromatic heterocycles. The Bertz CT molecular complexity index is 506. The number of primary amides is 1.